The second-order valence-corrected chi connectivity index (χ2v) is 4.36. The highest BCUT2D eigenvalue weighted by atomic mass is 19.1. The number of benzene rings is 2. The molecule has 0 radical (unpaired) electrons. The van der Waals surface area contributed by atoms with Crippen molar-refractivity contribution >= 4 is 16.6 Å². The van der Waals surface area contributed by atoms with E-state index in [2.05, 4.69) is 4.98 Å². The third kappa shape index (κ3) is 2.20. The van der Waals surface area contributed by atoms with Gasteiger partial charge in [0.15, 0.2) is 0 Å². The van der Waals surface area contributed by atoms with Crippen LogP contribution in [0.3, 0.4) is 0 Å². The van der Waals surface area contributed by atoms with Crippen molar-refractivity contribution in [1.82, 2.24) is 4.98 Å². The SMILES string of the molecule is O=c1oc(-c2c(F)cccc2F)nc2ccc([N+](=O)[O-])cc12. The van der Waals surface area contributed by atoms with Gasteiger partial charge in [-0.3, -0.25) is 10.1 Å². The maximum Gasteiger partial charge on any atom is 0.347 e. The second-order valence-electron chi connectivity index (χ2n) is 4.36. The number of hydrogen-bond donors (Lipinski definition) is 0. The molecule has 2 aromatic carbocycles. The van der Waals surface area contributed by atoms with Crippen LogP contribution in [-0.4, -0.2) is 9.91 Å². The van der Waals surface area contributed by atoms with Gasteiger partial charge >= 0.3 is 5.63 Å². The Bertz CT molecular complexity index is 948. The van der Waals surface area contributed by atoms with Crippen molar-refractivity contribution in [2.45, 2.75) is 0 Å². The lowest BCUT2D eigenvalue weighted by Crippen LogP contribution is -2.05. The minimum atomic E-state index is -0.966. The lowest BCUT2D eigenvalue weighted by molar-refractivity contribution is -0.384. The van der Waals surface area contributed by atoms with Crippen molar-refractivity contribution in [2.75, 3.05) is 0 Å². The quantitative estimate of drug-likeness (QED) is 0.536. The third-order valence-corrected chi connectivity index (χ3v) is 3.00. The normalized spacial score (nSPS) is 10.8. The number of nitro groups is 1. The van der Waals surface area contributed by atoms with E-state index in [0.717, 1.165) is 30.3 Å². The van der Waals surface area contributed by atoms with Crippen LogP contribution in [0.2, 0.25) is 0 Å². The molecule has 3 aromatic rings. The Hall–Kier alpha value is -3.16. The summed E-state index contributed by atoms with van der Waals surface area (Å²) in [6, 6.07) is 6.51. The predicted octanol–water partition coefficient (Wildman–Crippen LogP) is 3.04. The summed E-state index contributed by atoms with van der Waals surface area (Å²) in [6.45, 7) is 0. The highest BCUT2D eigenvalue weighted by Gasteiger charge is 2.18. The number of nitrogens with zero attached hydrogens (tertiary/aromatic N) is 2. The van der Waals surface area contributed by atoms with Gasteiger partial charge in [0.1, 0.15) is 17.2 Å². The first-order chi connectivity index (χ1) is 10.5. The van der Waals surface area contributed by atoms with Crippen molar-refractivity contribution in [3.05, 3.63) is 68.6 Å². The number of aromatic nitrogens is 1. The number of nitro benzene ring substituents is 1. The molecule has 0 fully saturated rings. The molecule has 0 saturated heterocycles. The van der Waals surface area contributed by atoms with Crippen LogP contribution < -0.4 is 5.63 Å². The van der Waals surface area contributed by atoms with E-state index in [9.17, 15) is 23.7 Å². The number of halogens is 2. The summed E-state index contributed by atoms with van der Waals surface area (Å²) in [4.78, 5) is 25.8. The molecule has 0 saturated carbocycles. The number of non-ortho nitro benzene ring substituents is 1. The Labute approximate surface area is 120 Å². The van der Waals surface area contributed by atoms with E-state index in [1.165, 1.54) is 6.07 Å². The highest BCUT2D eigenvalue weighted by Crippen LogP contribution is 2.25. The van der Waals surface area contributed by atoms with Gasteiger partial charge in [-0.05, 0) is 18.2 Å². The van der Waals surface area contributed by atoms with Gasteiger partial charge < -0.3 is 4.42 Å². The predicted molar refractivity (Wildman–Crippen MR) is 72.3 cm³/mol. The summed E-state index contributed by atoms with van der Waals surface area (Å²) in [5, 5.41) is 10.5. The summed E-state index contributed by atoms with van der Waals surface area (Å²) in [7, 11) is 0. The zero-order valence-electron chi connectivity index (χ0n) is 10.7. The molecular weight excluding hydrogens is 298 g/mol. The second kappa shape index (κ2) is 4.99. The van der Waals surface area contributed by atoms with Crippen LogP contribution in [0.5, 0.6) is 0 Å². The molecule has 0 aliphatic carbocycles. The topological polar surface area (TPSA) is 86.2 Å². The molecule has 0 atom stereocenters. The van der Waals surface area contributed by atoms with Crippen LogP contribution in [0.15, 0.2) is 45.6 Å². The van der Waals surface area contributed by atoms with Crippen molar-refractivity contribution < 1.29 is 18.1 Å². The number of hydrogen-bond acceptors (Lipinski definition) is 5. The fourth-order valence-corrected chi connectivity index (χ4v) is 1.98. The lowest BCUT2D eigenvalue weighted by atomic mass is 10.2. The molecule has 0 unspecified atom stereocenters. The molecule has 22 heavy (non-hydrogen) atoms. The Kier molecular flexibility index (Phi) is 3.13. The van der Waals surface area contributed by atoms with Gasteiger partial charge in [-0.1, -0.05) is 6.07 Å². The van der Waals surface area contributed by atoms with Gasteiger partial charge in [-0.25, -0.2) is 18.6 Å². The minimum absolute atomic E-state index is 0.0412. The van der Waals surface area contributed by atoms with Crippen molar-refractivity contribution in [2.24, 2.45) is 0 Å². The molecule has 8 heteroatoms. The van der Waals surface area contributed by atoms with Crippen LogP contribution in [0.25, 0.3) is 22.4 Å². The molecule has 1 aromatic heterocycles. The first-order valence-electron chi connectivity index (χ1n) is 6.01. The van der Waals surface area contributed by atoms with Crippen molar-refractivity contribution in [3.63, 3.8) is 0 Å². The van der Waals surface area contributed by atoms with E-state index >= 15 is 0 Å². The monoisotopic (exact) mass is 304 g/mol. The summed E-state index contributed by atoms with van der Waals surface area (Å²) >= 11 is 0. The summed E-state index contributed by atoms with van der Waals surface area (Å²) in [5.41, 5.74) is -1.81. The molecule has 0 bridgehead atoms. The molecule has 0 amide bonds. The van der Waals surface area contributed by atoms with E-state index in [-0.39, 0.29) is 16.6 Å². The zero-order valence-corrected chi connectivity index (χ0v) is 10.7. The van der Waals surface area contributed by atoms with Gasteiger partial charge in [0, 0.05) is 12.1 Å². The van der Waals surface area contributed by atoms with E-state index in [1.807, 2.05) is 0 Å². The fourth-order valence-electron chi connectivity index (χ4n) is 1.98. The minimum Gasteiger partial charge on any atom is -0.403 e. The van der Waals surface area contributed by atoms with Crippen LogP contribution in [-0.2, 0) is 0 Å². The van der Waals surface area contributed by atoms with E-state index in [0.29, 0.717) is 0 Å². The van der Waals surface area contributed by atoms with Gasteiger partial charge in [0.25, 0.3) is 5.69 Å². The largest absolute Gasteiger partial charge is 0.403 e. The molecule has 0 N–H and O–H groups in total. The van der Waals surface area contributed by atoms with Crippen molar-refractivity contribution in [3.8, 4) is 11.5 Å². The first kappa shape index (κ1) is 13.8. The summed E-state index contributed by atoms with van der Waals surface area (Å²) < 4.78 is 32.2. The number of rotatable bonds is 2. The summed E-state index contributed by atoms with van der Waals surface area (Å²) in [6.07, 6.45) is 0. The summed E-state index contributed by atoms with van der Waals surface area (Å²) in [5.74, 6) is -2.39. The first-order valence-corrected chi connectivity index (χ1v) is 6.01. The average Bonchev–Trinajstić information content (AvgIpc) is 2.46. The number of fused-ring (bicyclic) bond motifs is 1. The molecule has 0 aliphatic rings. The van der Waals surface area contributed by atoms with Gasteiger partial charge in [-0.2, -0.15) is 0 Å². The van der Waals surface area contributed by atoms with E-state index < -0.39 is 33.6 Å². The fraction of sp³-hybridized carbons (Fsp3) is 0. The molecule has 6 nitrogen and oxygen atoms in total. The standard InChI is InChI=1S/C14H6F2N2O4/c15-9-2-1-3-10(16)12(9)13-17-11-5-4-7(18(20)21)6-8(11)14(19)22-13/h1-6H. The third-order valence-electron chi connectivity index (χ3n) is 3.00. The van der Waals surface area contributed by atoms with Gasteiger partial charge in [0.2, 0.25) is 5.89 Å². The van der Waals surface area contributed by atoms with Crippen LogP contribution in [0, 0.1) is 21.7 Å². The highest BCUT2D eigenvalue weighted by molar-refractivity contribution is 5.81. The van der Waals surface area contributed by atoms with E-state index in [4.69, 9.17) is 4.42 Å². The van der Waals surface area contributed by atoms with Crippen LogP contribution >= 0.6 is 0 Å². The Morgan fingerprint density at radius 1 is 1.14 bits per heavy atom. The smallest absolute Gasteiger partial charge is 0.347 e. The van der Waals surface area contributed by atoms with Crippen LogP contribution in [0.4, 0.5) is 14.5 Å². The van der Waals surface area contributed by atoms with E-state index in [1.54, 1.807) is 0 Å². The Morgan fingerprint density at radius 2 is 1.82 bits per heavy atom. The average molecular weight is 304 g/mol. The van der Waals surface area contributed by atoms with Crippen molar-refractivity contribution in [1.29, 1.82) is 0 Å². The zero-order chi connectivity index (χ0) is 15.9. The molecule has 0 aliphatic heterocycles. The maximum atomic E-state index is 13.7. The molecule has 3 rings (SSSR count). The molecule has 0 spiro atoms. The van der Waals surface area contributed by atoms with Gasteiger partial charge in [0.05, 0.1) is 15.8 Å². The Balaban J connectivity index is 2.29. The van der Waals surface area contributed by atoms with Gasteiger partial charge in [-0.15, -0.1) is 0 Å². The molecule has 1 heterocycles. The maximum absolute atomic E-state index is 13.7. The van der Waals surface area contributed by atoms with Crippen LogP contribution in [0.1, 0.15) is 0 Å². The lowest BCUT2D eigenvalue weighted by Gasteiger charge is -2.04. The molecular formula is C14H6F2N2O4. The Morgan fingerprint density at radius 3 is 2.45 bits per heavy atom. The molecule has 110 valence electrons.